The van der Waals surface area contributed by atoms with Crippen LogP contribution in [0.15, 0.2) is 77.9 Å². The number of halogens is 2. The summed E-state index contributed by atoms with van der Waals surface area (Å²) in [6, 6.07) is 19.3. The Kier molecular flexibility index (Phi) is 10.1. The summed E-state index contributed by atoms with van der Waals surface area (Å²) in [6.07, 6.45) is 6.77. The molecule has 0 bridgehead atoms. The maximum absolute atomic E-state index is 13.3. The number of nitrogens with one attached hydrogen (secondary N) is 3. The number of aromatic nitrogens is 3. The van der Waals surface area contributed by atoms with Gasteiger partial charge in [0.05, 0.1) is 28.5 Å². The lowest BCUT2D eigenvalue weighted by atomic mass is 9.97. The van der Waals surface area contributed by atoms with Crippen molar-refractivity contribution in [2.45, 2.75) is 57.3 Å². The zero-order valence-electron chi connectivity index (χ0n) is 28.5. The predicted molar refractivity (Wildman–Crippen MR) is 200 cm³/mol. The molecule has 1 aliphatic carbocycles. The molecule has 2 atom stereocenters. The minimum absolute atomic E-state index is 0.0936. The lowest BCUT2D eigenvalue weighted by molar-refractivity contribution is -0.119. The molecule has 12 heteroatoms. The van der Waals surface area contributed by atoms with E-state index in [2.05, 4.69) is 20.9 Å². The molecule has 5 aromatic rings. The SMILES string of the molecule is COc1nc(-c2cccc(-c3cccc(-c4ccn5c(=O)c(CNC[C@](C)(O)C6CC6)cnc5c4)c3Cl)c2Cl)ccc1CNC[C@H]1CCC(=O)N1. The van der Waals surface area contributed by atoms with Gasteiger partial charge in [0.25, 0.3) is 5.56 Å². The van der Waals surface area contributed by atoms with Gasteiger partial charge < -0.3 is 25.8 Å². The van der Waals surface area contributed by atoms with Crippen molar-refractivity contribution in [2.24, 2.45) is 5.92 Å². The standard InChI is InChI=1S/C39H40Cl2N6O4/c1-39(50,26-10-11-26)22-43-19-25-20-44-33-17-23(15-16-47(33)38(25)49)28-5-3-6-29(35(28)40)30-7-4-8-31(36(30)41)32-13-9-24(37(46-32)51-2)18-42-21-27-12-14-34(48)45-27/h3-9,13,15-17,20,26-27,42-43,50H,10-12,14,18-19,21-22H2,1-2H3,(H,45,48)/t27-,39+/m1/s1. The number of benzene rings is 2. The van der Waals surface area contributed by atoms with Crippen LogP contribution in [0, 0.1) is 5.92 Å². The second kappa shape index (κ2) is 14.7. The van der Waals surface area contributed by atoms with E-state index in [0.29, 0.717) is 71.3 Å². The average Bonchev–Trinajstić information content (AvgIpc) is 3.92. The second-order valence-corrected chi connectivity index (χ2v) is 14.4. The average molecular weight is 728 g/mol. The molecular formula is C39H40Cl2N6O4. The quantitative estimate of drug-likeness (QED) is 0.116. The van der Waals surface area contributed by atoms with Crippen molar-refractivity contribution < 1.29 is 14.6 Å². The lowest BCUT2D eigenvalue weighted by Gasteiger charge is -2.23. The molecule has 2 aromatic carbocycles. The summed E-state index contributed by atoms with van der Waals surface area (Å²) < 4.78 is 7.17. The number of aliphatic hydroxyl groups is 1. The van der Waals surface area contributed by atoms with Crippen LogP contribution in [-0.4, -0.2) is 57.2 Å². The van der Waals surface area contributed by atoms with E-state index in [1.165, 1.54) is 4.40 Å². The minimum Gasteiger partial charge on any atom is -0.481 e. The molecule has 264 valence electrons. The molecule has 1 saturated carbocycles. The Morgan fingerprint density at radius 1 is 0.941 bits per heavy atom. The van der Waals surface area contributed by atoms with Gasteiger partial charge >= 0.3 is 0 Å². The van der Waals surface area contributed by atoms with Gasteiger partial charge in [0.1, 0.15) is 5.65 Å². The maximum atomic E-state index is 13.3. The smallest absolute Gasteiger partial charge is 0.262 e. The summed E-state index contributed by atoms with van der Waals surface area (Å²) in [7, 11) is 1.59. The van der Waals surface area contributed by atoms with Gasteiger partial charge in [-0.2, -0.15) is 0 Å². The van der Waals surface area contributed by atoms with Crippen LogP contribution in [0.1, 0.15) is 43.7 Å². The number of pyridine rings is 2. The highest BCUT2D eigenvalue weighted by Crippen LogP contribution is 2.42. The first-order valence-corrected chi connectivity index (χ1v) is 17.9. The molecule has 1 aliphatic heterocycles. The van der Waals surface area contributed by atoms with Crippen molar-refractivity contribution in [2.75, 3.05) is 20.2 Å². The Labute approximate surface area is 306 Å². The zero-order chi connectivity index (χ0) is 35.7. The van der Waals surface area contributed by atoms with E-state index in [9.17, 15) is 14.7 Å². The van der Waals surface area contributed by atoms with Crippen LogP contribution in [-0.2, 0) is 17.9 Å². The third kappa shape index (κ3) is 7.52. The molecule has 3 aromatic heterocycles. The van der Waals surface area contributed by atoms with Crippen molar-refractivity contribution in [3.05, 3.63) is 105 Å². The second-order valence-electron chi connectivity index (χ2n) is 13.6. The number of rotatable bonds is 13. The molecule has 51 heavy (non-hydrogen) atoms. The normalized spacial score (nSPS) is 17.0. The van der Waals surface area contributed by atoms with Crippen LogP contribution in [0.4, 0.5) is 0 Å². The topological polar surface area (TPSA) is 130 Å². The van der Waals surface area contributed by atoms with E-state index in [1.54, 1.807) is 19.5 Å². The zero-order valence-corrected chi connectivity index (χ0v) is 30.0. The molecule has 7 rings (SSSR count). The summed E-state index contributed by atoms with van der Waals surface area (Å²) in [5, 5.41) is 21.2. The molecule has 0 unspecified atom stereocenters. The Morgan fingerprint density at radius 3 is 2.35 bits per heavy atom. The molecule has 10 nitrogen and oxygen atoms in total. The number of amides is 1. The van der Waals surface area contributed by atoms with Gasteiger partial charge in [0.15, 0.2) is 0 Å². The van der Waals surface area contributed by atoms with Crippen LogP contribution in [0.25, 0.3) is 39.2 Å². The molecule has 0 radical (unpaired) electrons. The highest BCUT2D eigenvalue weighted by Gasteiger charge is 2.39. The van der Waals surface area contributed by atoms with E-state index in [1.807, 2.05) is 67.6 Å². The fourth-order valence-electron chi connectivity index (χ4n) is 6.74. The van der Waals surface area contributed by atoms with Crippen molar-refractivity contribution in [1.29, 1.82) is 0 Å². The summed E-state index contributed by atoms with van der Waals surface area (Å²) >= 11 is 14.2. The maximum Gasteiger partial charge on any atom is 0.262 e. The van der Waals surface area contributed by atoms with Crippen LogP contribution >= 0.6 is 23.2 Å². The molecule has 2 fully saturated rings. The summed E-state index contributed by atoms with van der Waals surface area (Å²) in [5.74, 6) is 0.902. The highest BCUT2D eigenvalue weighted by molar-refractivity contribution is 6.39. The number of methoxy groups -OCH3 is 1. The molecule has 2 aliphatic rings. The summed E-state index contributed by atoms with van der Waals surface area (Å²) in [6.45, 7) is 3.79. The van der Waals surface area contributed by atoms with E-state index >= 15 is 0 Å². The molecule has 0 spiro atoms. The molecule has 4 heterocycles. The Bertz CT molecular complexity index is 2170. The van der Waals surface area contributed by atoms with Crippen LogP contribution in [0.3, 0.4) is 0 Å². The van der Waals surface area contributed by atoms with E-state index in [0.717, 1.165) is 52.6 Å². The Hall–Kier alpha value is -4.32. The Balaban J connectivity index is 1.11. The number of fused-ring (bicyclic) bond motifs is 1. The van der Waals surface area contributed by atoms with Crippen molar-refractivity contribution in [3.8, 4) is 39.4 Å². The van der Waals surface area contributed by atoms with Crippen molar-refractivity contribution >= 4 is 34.8 Å². The third-order valence-corrected chi connectivity index (χ3v) is 10.6. The van der Waals surface area contributed by atoms with Crippen LogP contribution < -0.4 is 26.2 Å². The molecule has 1 amide bonds. The number of hydrogen-bond donors (Lipinski definition) is 4. The third-order valence-electron chi connectivity index (χ3n) is 9.83. The number of nitrogens with zero attached hydrogens (tertiary/aromatic N) is 3. The molecule has 4 N–H and O–H groups in total. The van der Waals surface area contributed by atoms with Gasteiger partial charge in [0.2, 0.25) is 11.8 Å². The predicted octanol–water partition coefficient (Wildman–Crippen LogP) is 6.02. The molecule has 1 saturated heterocycles. The monoisotopic (exact) mass is 726 g/mol. The van der Waals surface area contributed by atoms with E-state index in [-0.39, 0.29) is 17.5 Å². The van der Waals surface area contributed by atoms with Gasteiger partial charge in [-0.1, -0.05) is 65.7 Å². The fraction of sp³-hybridized carbons (Fsp3) is 0.333. The number of carbonyl (C=O) groups is 1. The highest BCUT2D eigenvalue weighted by atomic mass is 35.5. The first-order chi connectivity index (χ1) is 24.6. The number of ether oxygens (including phenoxy) is 1. The number of carbonyl (C=O) groups excluding carboxylic acids is 1. The fourth-order valence-corrected chi connectivity index (χ4v) is 7.41. The summed E-state index contributed by atoms with van der Waals surface area (Å²) in [5.41, 5.74) is 5.44. The van der Waals surface area contributed by atoms with Crippen LogP contribution in [0.2, 0.25) is 10.0 Å². The van der Waals surface area contributed by atoms with Gasteiger partial charge in [0, 0.05) is 84.4 Å². The molecular weight excluding hydrogens is 687 g/mol. The van der Waals surface area contributed by atoms with Crippen molar-refractivity contribution in [3.63, 3.8) is 0 Å². The Morgan fingerprint density at radius 2 is 1.65 bits per heavy atom. The minimum atomic E-state index is -0.777. The van der Waals surface area contributed by atoms with Gasteiger partial charge in [-0.3, -0.25) is 14.0 Å². The van der Waals surface area contributed by atoms with E-state index in [4.69, 9.17) is 32.9 Å². The number of hydrogen-bond acceptors (Lipinski definition) is 8. The van der Waals surface area contributed by atoms with E-state index < -0.39 is 5.60 Å². The van der Waals surface area contributed by atoms with Gasteiger partial charge in [-0.05, 0) is 55.9 Å². The summed E-state index contributed by atoms with van der Waals surface area (Å²) in [4.78, 5) is 34.2. The van der Waals surface area contributed by atoms with Gasteiger partial charge in [-0.15, -0.1) is 0 Å². The largest absolute Gasteiger partial charge is 0.481 e. The lowest BCUT2D eigenvalue weighted by Crippen LogP contribution is -2.40. The first kappa shape index (κ1) is 35.1. The van der Waals surface area contributed by atoms with Crippen molar-refractivity contribution in [1.82, 2.24) is 30.3 Å². The first-order valence-electron chi connectivity index (χ1n) is 17.2. The van der Waals surface area contributed by atoms with Gasteiger partial charge in [-0.25, -0.2) is 9.97 Å². The van der Waals surface area contributed by atoms with Crippen LogP contribution in [0.5, 0.6) is 5.88 Å².